The van der Waals surface area contributed by atoms with Gasteiger partial charge >= 0.3 is 0 Å². The summed E-state index contributed by atoms with van der Waals surface area (Å²) in [4.78, 5) is 12.0. The first-order valence-electron chi connectivity index (χ1n) is 6.80. The second-order valence-electron chi connectivity index (χ2n) is 4.84. The lowest BCUT2D eigenvalue weighted by Crippen LogP contribution is -2.26. The maximum atomic E-state index is 12.0. The summed E-state index contributed by atoms with van der Waals surface area (Å²) in [5.41, 5.74) is 0.579. The number of amides is 1. The maximum absolute atomic E-state index is 12.0. The van der Waals surface area contributed by atoms with Crippen LogP contribution in [0.25, 0.3) is 0 Å². The molecule has 20 heavy (non-hydrogen) atoms. The molecule has 0 bridgehead atoms. The summed E-state index contributed by atoms with van der Waals surface area (Å²) in [5.74, 6) is 0.769. The Kier molecular flexibility index (Phi) is 4.49. The lowest BCUT2D eigenvalue weighted by molar-refractivity contribution is 0.0954. The van der Waals surface area contributed by atoms with Crippen molar-refractivity contribution >= 4 is 5.91 Å². The Balaban J connectivity index is 1.86. The van der Waals surface area contributed by atoms with E-state index in [2.05, 4.69) is 20.6 Å². The lowest BCUT2D eigenvalue weighted by Gasteiger charge is -2.05. The zero-order chi connectivity index (χ0) is 14.5. The van der Waals surface area contributed by atoms with Gasteiger partial charge in [0.2, 0.25) is 0 Å². The van der Waals surface area contributed by atoms with E-state index in [1.165, 1.54) is 0 Å². The zero-order valence-corrected chi connectivity index (χ0v) is 12.1. The smallest absolute Gasteiger partial charge is 0.254 e. The molecule has 0 unspecified atom stereocenters. The van der Waals surface area contributed by atoms with Crippen molar-refractivity contribution in [3.8, 4) is 0 Å². The Bertz CT molecular complexity index is 571. The van der Waals surface area contributed by atoms with Gasteiger partial charge in [0.15, 0.2) is 0 Å². The molecule has 1 amide bonds. The molecular weight excluding hydrogens is 256 g/mol. The number of hydrogen-bond donors (Lipinski definition) is 1. The van der Waals surface area contributed by atoms with E-state index in [4.69, 9.17) is 0 Å². The minimum atomic E-state index is -0.112. The van der Waals surface area contributed by atoms with E-state index in [1.807, 2.05) is 25.3 Å². The first-order valence-corrected chi connectivity index (χ1v) is 6.80. The predicted octanol–water partition coefficient (Wildman–Crippen LogP) is 1.05. The standard InChI is InChI=1S/C13H20N6O/c1-4-18-9-15-17-12(18)5-6-14-13(20)11-7-16-19(8-11)10(2)3/h7-10H,4-6H2,1-3H3,(H,14,20). The van der Waals surface area contributed by atoms with Gasteiger partial charge in [-0.05, 0) is 20.8 Å². The number of nitrogens with one attached hydrogen (secondary N) is 1. The van der Waals surface area contributed by atoms with Gasteiger partial charge in [0, 0.05) is 31.7 Å². The van der Waals surface area contributed by atoms with Crippen LogP contribution in [-0.4, -0.2) is 37.0 Å². The largest absolute Gasteiger partial charge is 0.351 e. The SMILES string of the molecule is CCn1cnnc1CCNC(=O)c1cnn(C(C)C)c1. The highest BCUT2D eigenvalue weighted by Crippen LogP contribution is 2.05. The van der Waals surface area contributed by atoms with Crippen LogP contribution in [0.15, 0.2) is 18.7 Å². The Morgan fingerprint density at radius 2 is 2.25 bits per heavy atom. The number of carbonyl (C=O) groups is 1. The topological polar surface area (TPSA) is 77.6 Å². The maximum Gasteiger partial charge on any atom is 0.254 e. The summed E-state index contributed by atoms with van der Waals surface area (Å²) in [7, 11) is 0. The van der Waals surface area contributed by atoms with E-state index in [1.54, 1.807) is 23.4 Å². The molecular formula is C13H20N6O. The van der Waals surface area contributed by atoms with E-state index >= 15 is 0 Å². The molecule has 7 heteroatoms. The molecule has 108 valence electrons. The fourth-order valence-electron chi connectivity index (χ4n) is 1.86. The van der Waals surface area contributed by atoms with E-state index in [0.29, 0.717) is 18.5 Å². The van der Waals surface area contributed by atoms with Crippen LogP contribution in [0.4, 0.5) is 0 Å². The molecule has 0 aliphatic heterocycles. The van der Waals surface area contributed by atoms with Gasteiger partial charge in [-0.2, -0.15) is 5.10 Å². The summed E-state index contributed by atoms with van der Waals surface area (Å²) >= 11 is 0. The minimum Gasteiger partial charge on any atom is -0.351 e. The molecule has 2 rings (SSSR count). The molecule has 0 saturated heterocycles. The summed E-state index contributed by atoms with van der Waals surface area (Å²) in [6, 6.07) is 0.250. The molecule has 0 spiro atoms. The number of carbonyl (C=O) groups excluding carboxylic acids is 1. The lowest BCUT2D eigenvalue weighted by atomic mass is 10.3. The van der Waals surface area contributed by atoms with Crippen LogP contribution in [0.1, 0.15) is 43.0 Å². The molecule has 0 aromatic carbocycles. The van der Waals surface area contributed by atoms with Crippen LogP contribution in [0.3, 0.4) is 0 Å². The first-order chi connectivity index (χ1) is 9.61. The molecule has 0 aliphatic carbocycles. The second-order valence-corrected chi connectivity index (χ2v) is 4.84. The van der Waals surface area contributed by atoms with Crippen LogP contribution in [0.5, 0.6) is 0 Å². The average molecular weight is 276 g/mol. The molecule has 0 saturated carbocycles. The number of rotatable bonds is 6. The molecule has 2 aromatic rings. The van der Waals surface area contributed by atoms with Crippen molar-refractivity contribution in [2.75, 3.05) is 6.54 Å². The Morgan fingerprint density at radius 3 is 2.90 bits per heavy atom. The highest BCUT2D eigenvalue weighted by molar-refractivity contribution is 5.93. The van der Waals surface area contributed by atoms with Crippen molar-refractivity contribution in [3.63, 3.8) is 0 Å². The molecule has 0 atom stereocenters. The highest BCUT2D eigenvalue weighted by Gasteiger charge is 2.10. The zero-order valence-electron chi connectivity index (χ0n) is 12.1. The Morgan fingerprint density at radius 1 is 1.45 bits per heavy atom. The summed E-state index contributed by atoms with van der Waals surface area (Å²) in [5, 5.41) is 14.9. The van der Waals surface area contributed by atoms with E-state index < -0.39 is 0 Å². The minimum absolute atomic E-state index is 0.112. The van der Waals surface area contributed by atoms with Gasteiger partial charge in [0.1, 0.15) is 12.2 Å². The Labute approximate surface area is 118 Å². The van der Waals surface area contributed by atoms with Crippen LogP contribution < -0.4 is 5.32 Å². The normalized spacial score (nSPS) is 11.0. The fourth-order valence-corrected chi connectivity index (χ4v) is 1.86. The predicted molar refractivity (Wildman–Crippen MR) is 74.3 cm³/mol. The molecule has 0 aliphatic rings. The highest BCUT2D eigenvalue weighted by atomic mass is 16.1. The molecule has 1 N–H and O–H groups in total. The van der Waals surface area contributed by atoms with Gasteiger partial charge in [-0.3, -0.25) is 9.48 Å². The molecule has 0 radical (unpaired) electrons. The van der Waals surface area contributed by atoms with Crippen molar-refractivity contribution in [2.45, 2.75) is 39.8 Å². The van der Waals surface area contributed by atoms with Gasteiger partial charge in [0.25, 0.3) is 5.91 Å². The fraction of sp³-hybridized carbons (Fsp3) is 0.538. The number of nitrogens with zero attached hydrogens (tertiary/aromatic N) is 5. The summed E-state index contributed by atoms with van der Waals surface area (Å²) < 4.78 is 3.73. The van der Waals surface area contributed by atoms with Gasteiger partial charge in [-0.1, -0.05) is 0 Å². The number of hydrogen-bond acceptors (Lipinski definition) is 4. The van der Waals surface area contributed by atoms with E-state index in [0.717, 1.165) is 12.4 Å². The quantitative estimate of drug-likeness (QED) is 0.855. The number of aromatic nitrogens is 5. The average Bonchev–Trinajstić information content (AvgIpc) is 3.07. The summed E-state index contributed by atoms with van der Waals surface area (Å²) in [6.45, 7) is 7.44. The van der Waals surface area contributed by atoms with Crippen molar-refractivity contribution < 1.29 is 4.79 Å². The van der Waals surface area contributed by atoms with Crippen molar-refractivity contribution in [2.24, 2.45) is 0 Å². The third-order valence-electron chi connectivity index (χ3n) is 3.06. The van der Waals surface area contributed by atoms with Gasteiger partial charge < -0.3 is 9.88 Å². The van der Waals surface area contributed by atoms with Crippen LogP contribution >= 0.6 is 0 Å². The van der Waals surface area contributed by atoms with Crippen molar-refractivity contribution in [1.82, 2.24) is 29.9 Å². The molecule has 2 heterocycles. The Hall–Kier alpha value is -2.18. The molecule has 7 nitrogen and oxygen atoms in total. The van der Waals surface area contributed by atoms with Crippen molar-refractivity contribution in [3.05, 3.63) is 30.1 Å². The first kappa shape index (κ1) is 14.2. The molecule has 2 aromatic heterocycles. The second kappa shape index (κ2) is 6.31. The third-order valence-corrected chi connectivity index (χ3v) is 3.06. The van der Waals surface area contributed by atoms with Gasteiger partial charge in [-0.25, -0.2) is 0 Å². The van der Waals surface area contributed by atoms with E-state index in [-0.39, 0.29) is 11.9 Å². The van der Waals surface area contributed by atoms with Crippen LogP contribution in [0, 0.1) is 0 Å². The third kappa shape index (κ3) is 3.23. The summed E-state index contributed by atoms with van der Waals surface area (Å²) in [6.07, 6.45) is 5.71. The monoisotopic (exact) mass is 276 g/mol. The van der Waals surface area contributed by atoms with E-state index in [9.17, 15) is 4.79 Å². The van der Waals surface area contributed by atoms with Crippen molar-refractivity contribution in [1.29, 1.82) is 0 Å². The molecule has 0 fully saturated rings. The van der Waals surface area contributed by atoms with Crippen LogP contribution in [0.2, 0.25) is 0 Å². The van der Waals surface area contributed by atoms with Crippen LogP contribution in [-0.2, 0) is 13.0 Å². The number of aryl methyl sites for hydroxylation is 1. The van der Waals surface area contributed by atoms with Gasteiger partial charge in [0.05, 0.1) is 11.8 Å². The van der Waals surface area contributed by atoms with Gasteiger partial charge in [-0.15, -0.1) is 10.2 Å².